The SMILES string of the molecule is O=C(O)c1ccc2c(c1)nnn2CCOC1CCCC1. The molecule has 1 aromatic carbocycles. The first-order valence-corrected chi connectivity index (χ1v) is 6.92. The van der Waals surface area contributed by atoms with E-state index in [0.29, 0.717) is 24.8 Å². The van der Waals surface area contributed by atoms with Crippen molar-refractivity contribution in [1.29, 1.82) is 0 Å². The van der Waals surface area contributed by atoms with Gasteiger partial charge in [-0.15, -0.1) is 5.10 Å². The van der Waals surface area contributed by atoms with Crippen molar-refractivity contribution in [2.24, 2.45) is 0 Å². The lowest BCUT2D eigenvalue weighted by Crippen LogP contribution is -2.13. The summed E-state index contributed by atoms with van der Waals surface area (Å²) in [6, 6.07) is 4.86. The van der Waals surface area contributed by atoms with Crippen LogP contribution in [-0.2, 0) is 11.3 Å². The van der Waals surface area contributed by atoms with Crippen LogP contribution in [0.15, 0.2) is 18.2 Å². The van der Waals surface area contributed by atoms with E-state index in [1.54, 1.807) is 22.9 Å². The number of rotatable bonds is 5. The van der Waals surface area contributed by atoms with Crippen molar-refractivity contribution in [1.82, 2.24) is 15.0 Å². The minimum absolute atomic E-state index is 0.228. The maximum atomic E-state index is 10.9. The molecule has 1 heterocycles. The minimum atomic E-state index is -0.953. The maximum absolute atomic E-state index is 10.9. The van der Waals surface area contributed by atoms with Crippen LogP contribution in [0.5, 0.6) is 0 Å². The monoisotopic (exact) mass is 275 g/mol. The van der Waals surface area contributed by atoms with E-state index in [2.05, 4.69) is 10.3 Å². The standard InChI is InChI=1S/C14H17N3O3/c18-14(19)10-5-6-13-12(9-10)15-16-17(13)7-8-20-11-3-1-2-4-11/h5-6,9,11H,1-4,7-8H2,(H,18,19). The van der Waals surface area contributed by atoms with Gasteiger partial charge in [-0.1, -0.05) is 18.1 Å². The average Bonchev–Trinajstić information content (AvgIpc) is 3.08. The molecule has 1 aliphatic carbocycles. The minimum Gasteiger partial charge on any atom is -0.478 e. The second-order valence-corrected chi connectivity index (χ2v) is 5.10. The highest BCUT2D eigenvalue weighted by Gasteiger charge is 2.15. The van der Waals surface area contributed by atoms with Gasteiger partial charge in [0.2, 0.25) is 0 Å². The quantitative estimate of drug-likeness (QED) is 0.904. The number of hydrogen-bond acceptors (Lipinski definition) is 4. The molecule has 6 heteroatoms. The van der Waals surface area contributed by atoms with Gasteiger partial charge in [0, 0.05) is 0 Å². The van der Waals surface area contributed by atoms with Crippen LogP contribution in [0.25, 0.3) is 11.0 Å². The number of nitrogens with zero attached hydrogens (tertiary/aromatic N) is 3. The zero-order valence-electron chi connectivity index (χ0n) is 11.2. The number of carboxylic acids is 1. The number of carbonyl (C=O) groups is 1. The van der Waals surface area contributed by atoms with E-state index in [4.69, 9.17) is 9.84 Å². The summed E-state index contributed by atoms with van der Waals surface area (Å²) in [5.74, 6) is -0.953. The van der Waals surface area contributed by atoms with Crippen molar-refractivity contribution in [2.75, 3.05) is 6.61 Å². The number of aromatic nitrogens is 3. The van der Waals surface area contributed by atoms with Crippen LogP contribution in [0.4, 0.5) is 0 Å². The fourth-order valence-corrected chi connectivity index (χ4v) is 2.63. The molecule has 106 valence electrons. The summed E-state index contributed by atoms with van der Waals surface area (Å²) in [4.78, 5) is 10.9. The summed E-state index contributed by atoms with van der Waals surface area (Å²) < 4.78 is 7.56. The normalized spacial score (nSPS) is 16.0. The summed E-state index contributed by atoms with van der Waals surface area (Å²) in [5.41, 5.74) is 1.67. The number of benzene rings is 1. The third-order valence-electron chi connectivity index (χ3n) is 3.72. The van der Waals surface area contributed by atoms with Crippen LogP contribution in [0, 0.1) is 0 Å². The second kappa shape index (κ2) is 5.58. The lowest BCUT2D eigenvalue weighted by Gasteiger charge is -2.10. The Kier molecular flexibility index (Phi) is 3.64. The molecule has 0 aliphatic heterocycles. The summed E-state index contributed by atoms with van der Waals surface area (Å²) in [7, 11) is 0. The summed E-state index contributed by atoms with van der Waals surface area (Å²) in [5, 5.41) is 17.0. The van der Waals surface area contributed by atoms with E-state index in [0.717, 1.165) is 18.4 Å². The highest BCUT2D eigenvalue weighted by molar-refractivity contribution is 5.92. The van der Waals surface area contributed by atoms with Crippen molar-refractivity contribution in [2.45, 2.75) is 38.3 Å². The highest BCUT2D eigenvalue weighted by Crippen LogP contribution is 2.21. The summed E-state index contributed by atoms with van der Waals surface area (Å²) in [6.45, 7) is 1.25. The topological polar surface area (TPSA) is 77.2 Å². The molecule has 1 fully saturated rings. The van der Waals surface area contributed by atoms with Gasteiger partial charge < -0.3 is 9.84 Å². The molecule has 0 radical (unpaired) electrons. The smallest absolute Gasteiger partial charge is 0.335 e. The zero-order chi connectivity index (χ0) is 13.9. The van der Waals surface area contributed by atoms with Crippen LogP contribution in [-0.4, -0.2) is 38.8 Å². The molecule has 0 saturated heterocycles. The Morgan fingerprint density at radius 1 is 1.40 bits per heavy atom. The molecule has 0 atom stereocenters. The zero-order valence-corrected chi connectivity index (χ0v) is 11.2. The third-order valence-corrected chi connectivity index (χ3v) is 3.72. The lowest BCUT2D eigenvalue weighted by molar-refractivity contribution is 0.0517. The van der Waals surface area contributed by atoms with E-state index in [-0.39, 0.29) is 5.56 Å². The van der Waals surface area contributed by atoms with Crippen molar-refractivity contribution in [3.8, 4) is 0 Å². The molecule has 1 saturated carbocycles. The van der Waals surface area contributed by atoms with E-state index in [1.165, 1.54) is 12.8 Å². The van der Waals surface area contributed by atoms with E-state index in [1.807, 2.05) is 0 Å². The van der Waals surface area contributed by atoms with Crippen LogP contribution < -0.4 is 0 Å². The molecule has 0 bridgehead atoms. The average molecular weight is 275 g/mol. The van der Waals surface area contributed by atoms with E-state index in [9.17, 15) is 4.79 Å². The van der Waals surface area contributed by atoms with Gasteiger partial charge in [-0.25, -0.2) is 9.48 Å². The van der Waals surface area contributed by atoms with Crippen molar-refractivity contribution in [3.63, 3.8) is 0 Å². The molecule has 3 rings (SSSR count). The molecular formula is C14H17N3O3. The molecule has 1 aliphatic rings. The first-order chi connectivity index (χ1) is 9.74. The molecule has 2 aromatic rings. The van der Waals surface area contributed by atoms with Gasteiger partial charge in [-0.2, -0.15) is 0 Å². The summed E-state index contributed by atoms with van der Waals surface area (Å²) in [6.07, 6.45) is 5.22. The maximum Gasteiger partial charge on any atom is 0.335 e. The summed E-state index contributed by atoms with van der Waals surface area (Å²) >= 11 is 0. The van der Waals surface area contributed by atoms with E-state index >= 15 is 0 Å². The Balaban J connectivity index is 1.67. The van der Waals surface area contributed by atoms with E-state index < -0.39 is 5.97 Å². The third kappa shape index (κ3) is 2.65. The van der Waals surface area contributed by atoms with Crippen molar-refractivity contribution >= 4 is 17.0 Å². The Labute approximate surface area is 116 Å². The van der Waals surface area contributed by atoms with Gasteiger partial charge in [-0.3, -0.25) is 0 Å². The van der Waals surface area contributed by atoms with Gasteiger partial charge in [-0.05, 0) is 31.0 Å². The Hall–Kier alpha value is -1.95. The molecule has 6 nitrogen and oxygen atoms in total. The van der Waals surface area contributed by atoms with Crippen LogP contribution >= 0.6 is 0 Å². The fraction of sp³-hybridized carbons (Fsp3) is 0.500. The molecule has 20 heavy (non-hydrogen) atoms. The number of ether oxygens (including phenoxy) is 1. The number of carboxylic acid groups (broad SMARTS) is 1. The lowest BCUT2D eigenvalue weighted by atomic mass is 10.2. The number of aromatic carboxylic acids is 1. The van der Waals surface area contributed by atoms with Gasteiger partial charge in [0.05, 0.1) is 30.3 Å². The molecular weight excluding hydrogens is 258 g/mol. The second-order valence-electron chi connectivity index (χ2n) is 5.10. The predicted octanol–water partition coefficient (Wildman–Crippen LogP) is 2.09. The van der Waals surface area contributed by atoms with Crippen LogP contribution in [0.2, 0.25) is 0 Å². The van der Waals surface area contributed by atoms with Gasteiger partial charge >= 0.3 is 5.97 Å². The Bertz CT molecular complexity index is 617. The van der Waals surface area contributed by atoms with Gasteiger partial charge in [0.25, 0.3) is 0 Å². The fourth-order valence-electron chi connectivity index (χ4n) is 2.63. The molecule has 0 spiro atoms. The largest absolute Gasteiger partial charge is 0.478 e. The highest BCUT2D eigenvalue weighted by atomic mass is 16.5. The number of fused-ring (bicyclic) bond motifs is 1. The number of hydrogen-bond donors (Lipinski definition) is 1. The first kappa shape index (κ1) is 13.1. The first-order valence-electron chi connectivity index (χ1n) is 6.92. The van der Waals surface area contributed by atoms with Gasteiger partial charge in [0.15, 0.2) is 0 Å². The van der Waals surface area contributed by atoms with Gasteiger partial charge in [0.1, 0.15) is 5.52 Å². The molecule has 1 N–H and O–H groups in total. The molecule has 0 amide bonds. The van der Waals surface area contributed by atoms with Crippen LogP contribution in [0.1, 0.15) is 36.0 Å². The molecule has 1 aromatic heterocycles. The van der Waals surface area contributed by atoms with Crippen LogP contribution in [0.3, 0.4) is 0 Å². The van der Waals surface area contributed by atoms with Crippen molar-refractivity contribution < 1.29 is 14.6 Å². The predicted molar refractivity (Wildman–Crippen MR) is 72.7 cm³/mol. The molecule has 0 unspecified atom stereocenters. The Morgan fingerprint density at radius 3 is 2.95 bits per heavy atom. The Morgan fingerprint density at radius 2 is 2.20 bits per heavy atom. The van der Waals surface area contributed by atoms with Crippen molar-refractivity contribution in [3.05, 3.63) is 23.8 Å².